The molecule has 0 aliphatic rings. The number of phenolic OH excluding ortho intramolecular Hbond substituents is 1. The number of aromatic nitrogens is 3. The second kappa shape index (κ2) is 13.5. The molecular formula is C33H26N8O6S. The standard InChI is InChI=1S/C33H26N8O6S/c1-47-33-38-31(37-32(39-33)36-23-15-17-25(18-16-23)48(44,45)46)35-22-11-13-24(14-12-22)40-41-28-26-10-6-5-7-20(26)19-27(29(28)42)30(43)34-21-8-3-2-4-9-21/h2-19,42H,1H3,(H,34,43)(H,44,45,46)(H2,35,36,37,38,39). The fraction of sp³-hybridized carbons (Fsp3) is 0.0303. The van der Waals surface area contributed by atoms with Crippen molar-refractivity contribution in [1.82, 2.24) is 15.0 Å². The second-order valence-corrected chi connectivity index (χ2v) is 11.5. The van der Waals surface area contributed by atoms with E-state index in [2.05, 4.69) is 41.1 Å². The lowest BCUT2D eigenvalue weighted by molar-refractivity contribution is 0.102. The first-order valence-corrected chi connectivity index (χ1v) is 15.6. The lowest BCUT2D eigenvalue weighted by Gasteiger charge is -2.11. The molecule has 240 valence electrons. The summed E-state index contributed by atoms with van der Waals surface area (Å²) >= 11 is 0. The highest BCUT2D eigenvalue weighted by atomic mass is 32.2. The lowest BCUT2D eigenvalue weighted by atomic mass is 10.0. The van der Waals surface area contributed by atoms with Crippen molar-refractivity contribution in [2.75, 3.05) is 23.1 Å². The Kier molecular flexibility index (Phi) is 8.87. The Hall–Kier alpha value is -6.45. The third kappa shape index (κ3) is 7.33. The monoisotopic (exact) mass is 662 g/mol. The number of anilines is 5. The van der Waals surface area contributed by atoms with Crippen molar-refractivity contribution in [3.05, 3.63) is 115 Å². The molecule has 0 saturated heterocycles. The molecule has 5 aromatic carbocycles. The first-order valence-electron chi connectivity index (χ1n) is 14.2. The minimum Gasteiger partial charge on any atom is -0.505 e. The van der Waals surface area contributed by atoms with Crippen molar-refractivity contribution in [2.24, 2.45) is 10.2 Å². The SMILES string of the molecule is COc1nc(Nc2ccc(N=Nc3c(O)c(C(=O)Nc4ccccc4)cc4ccccc34)cc2)nc(Nc2ccc(S(=O)(=O)O)cc2)n1. The Morgan fingerprint density at radius 1 is 0.750 bits per heavy atom. The molecule has 0 saturated carbocycles. The number of hydrogen-bond donors (Lipinski definition) is 5. The number of carbonyl (C=O) groups excluding carboxylic acids is 1. The van der Waals surface area contributed by atoms with E-state index in [9.17, 15) is 22.9 Å². The summed E-state index contributed by atoms with van der Waals surface area (Å²) in [4.78, 5) is 25.5. The van der Waals surface area contributed by atoms with Crippen molar-refractivity contribution in [3.63, 3.8) is 0 Å². The maximum Gasteiger partial charge on any atom is 0.322 e. The predicted molar refractivity (Wildman–Crippen MR) is 180 cm³/mol. The van der Waals surface area contributed by atoms with Crippen LogP contribution in [0, 0.1) is 0 Å². The third-order valence-electron chi connectivity index (χ3n) is 6.87. The van der Waals surface area contributed by atoms with E-state index < -0.39 is 16.0 Å². The van der Waals surface area contributed by atoms with Gasteiger partial charge in [-0.2, -0.15) is 28.5 Å². The van der Waals surface area contributed by atoms with E-state index >= 15 is 0 Å². The minimum atomic E-state index is -4.33. The van der Waals surface area contributed by atoms with E-state index in [4.69, 9.17) is 4.74 Å². The fourth-order valence-electron chi connectivity index (χ4n) is 4.56. The van der Waals surface area contributed by atoms with Gasteiger partial charge in [0.05, 0.1) is 23.3 Å². The number of phenols is 1. The molecule has 0 bridgehead atoms. The molecule has 0 fully saturated rings. The van der Waals surface area contributed by atoms with Crippen molar-refractivity contribution in [3.8, 4) is 11.8 Å². The zero-order valence-corrected chi connectivity index (χ0v) is 25.9. The molecule has 6 aromatic rings. The van der Waals surface area contributed by atoms with E-state index in [-0.39, 0.29) is 39.8 Å². The maximum absolute atomic E-state index is 13.1. The first kappa shape index (κ1) is 31.5. The number of methoxy groups -OCH3 is 1. The number of hydrogen-bond acceptors (Lipinski definition) is 12. The molecule has 0 aliphatic heterocycles. The second-order valence-electron chi connectivity index (χ2n) is 10.1. The zero-order valence-electron chi connectivity index (χ0n) is 25.1. The van der Waals surface area contributed by atoms with Gasteiger partial charge in [-0.3, -0.25) is 9.35 Å². The third-order valence-corrected chi connectivity index (χ3v) is 7.73. The number of rotatable bonds is 10. The molecule has 48 heavy (non-hydrogen) atoms. The van der Waals surface area contributed by atoms with Crippen LogP contribution in [0.25, 0.3) is 10.8 Å². The number of benzene rings is 5. The van der Waals surface area contributed by atoms with E-state index in [0.29, 0.717) is 33.5 Å². The van der Waals surface area contributed by atoms with Crippen LogP contribution >= 0.6 is 0 Å². The first-order chi connectivity index (χ1) is 23.2. The van der Waals surface area contributed by atoms with Gasteiger partial charge in [-0.1, -0.05) is 42.5 Å². The molecule has 0 spiro atoms. The summed E-state index contributed by atoms with van der Waals surface area (Å²) in [5, 5.41) is 29.9. The Morgan fingerprint density at radius 2 is 1.35 bits per heavy atom. The van der Waals surface area contributed by atoms with Crippen molar-refractivity contribution in [1.29, 1.82) is 0 Å². The van der Waals surface area contributed by atoms with Gasteiger partial charge in [0, 0.05) is 22.4 Å². The molecule has 1 aromatic heterocycles. The molecule has 0 atom stereocenters. The zero-order chi connectivity index (χ0) is 33.7. The van der Waals surface area contributed by atoms with Gasteiger partial charge in [-0.15, -0.1) is 5.11 Å². The van der Waals surface area contributed by atoms with Gasteiger partial charge in [0.25, 0.3) is 16.0 Å². The number of amides is 1. The summed E-state index contributed by atoms with van der Waals surface area (Å²) in [6.45, 7) is 0. The summed E-state index contributed by atoms with van der Waals surface area (Å²) in [5.74, 6) is -0.525. The molecule has 5 N–H and O–H groups in total. The summed E-state index contributed by atoms with van der Waals surface area (Å²) in [5.41, 5.74) is 2.31. The van der Waals surface area contributed by atoms with Gasteiger partial charge in [-0.25, -0.2) is 0 Å². The molecule has 6 rings (SSSR count). The fourth-order valence-corrected chi connectivity index (χ4v) is 5.04. The van der Waals surface area contributed by atoms with Crippen LogP contribution in [0.3, 0.4) is 0 Å². The van der Waals surface area contributed by atoms with Crippen LogP contribution in [-0.2, 0) is 10.1 Å². The number of nitrogens with zero attached hydrogens (tertiary/aromatic N) is 5. The normalized spacial score (nSPS) is 11.4. The van der Waals surface area contributed by atoms with E-state index in [1.165, 1.54) is 31.4 Å². The summed E-state index contributed by atoms with van der Waals surface area (Å²) in [6.07, 6.45) is 0. The quantitative estimate of drug-likeness (QED) is 0.0737. The molecule has 14 nitrogen and oxygen atoms in total. The Morgan fingerprint density at radius 3 is 1.98 bits per heavy atom. The highest BCUT2D eigenvalue weighted by Crippen LogP contribution is 2.39. The van der Waals surface area contributed by atoms with Crippen LogP contribution in [0.1, 0.15) is 10.4 Å². The van der Waals surface area contributed by atoms with Crippen molar-refractivity contribution < 1.29 is 27.6 Å². The Bertz CT molecular complexity index is 2250. The molecule has 0 radical (unpaired) electrons. The van der Waals surface area contributed by atoms with Gasteiger partial charge >= 0.3 is 6.01 Å². The molecule has 0 unspecified atom stereocenters. The number of aromatic hydroxyl groups is 1. The Labute approximate surface area is 274 Å². The largest absolute Gasteiger partial charge is 0.505 e. The van der Waals surface area contributed by atoms with E-state index in [0.717, 1.165) is 0 Å². The number of azo groups is 1. The Balaban J connectivity index is 1.20. The summed E-state index contributed by atoms with van der Waals surface area (Å²) in [7, 11) is -2.93. The number of ether oxygens (including phenoxy) is 1. The van der Waals surface area contributed by atoms with Gasteiger partial charge in [0.15, 0.2) is 5.75 Å². The number of fused-ring (bicyclic) bond motifs is 1. The average molecular weight is 663 g/mol. The minimum absolute atomic E-state index is 0.0155. The van der Waals surface area contributed by atoms with Crippen LogP contribution in [0.4, 0.5) is 40.3 Å². The van der Waals surface area contributed by atoms with Crippen molar-refractivity contribution in [2.45, 2.75) is 4.90 Å². The smallest absolute Gasteiger partial charge is 0.322 e. The highest BCUT2D eigenvalue weighted by molar-refractivity contribution is 7.85. The lowest BCUT2D eigenvalue weighted by Crippen LogP contribution is -2.12. The van der Waals surface area contributed by atoms with Gasteiger partial charge in [0.1, 0.15) is 5.69 Å². The predicted octanol–water partition coefficient (Wildman–Crippen LogP) is 7.14. The molecule has 1 heterocycles. The van der Waals surface area contributed by atoms with Gasteiger partial charge in [-0.05, 0) is 72.1 Å². The summed E-state index contributed by atoms with van der Waals surface area (Å²) in [6, 6.07) is 30.0. The highest BCUT2D eigenvalue weighted by Gasteiger charge is 2.19. The maximum atomic E-state index is 13.1. The van der Waals surface area contributed by atoms with E-state index in [1.54, 1.807) is 60.7 Å². The molecule has 15 heteroatoms. The molecular weight excluding hydrogens is 636 g/mol. The number of para-hydroxylation sites is 1. The average Bonchev–Trinajstić information content (AvgIpc) is 3.08. The van der Waals surface area contributed by atoms with Gasteiger partial charge in [0.2, 0.25) is 11.9 Å². The van der Waals surface area contributed by atoms with Gasteiger partial charge < -0.3 is 25.8 Å². The number of carbonyl (C=O) groups is 1. The van der Waals surface area contributed by atoms with Crippen molar-refractivity contribution >= 4 is 67.1 Å². The summed E-state index contributed by atoms with van der Waals surface area (Å²) < 4.78 is 37.0. The van der Waals surface area contributed by atoms with Crippen LogP contribution in [-0.4, -0.2) is 46.0 Å². The number of nitrogens with one attached hydrogen (secondary N) is 3. The molecule has 1 amide bonds. The van der Waals surface area contributed by atoms with Crippen LogP contribution in [0.15, 0.2) is 124 Å². The topological polar surface area (TPSA) is 200 Å². The van der Waals surface area contributed by atoms with Crippen LogP contribution in [0.5, 0.6) is 11.8 Å². The van der Waals surface area contributed by atoms with Crippen LogP contribution < -0.4 is 20.7 Å². The van der Waals surface area contributed by atoms with Crippen LogP contribution in [0.2, 0.25) is 0 Å². The molecule has 0 aliphatic carbocycles. The van der Waals surface area contributed by atoms with E-state index in [1.807, 2.05) is 24.3 Å².